The Hall–Kier alpha value is -3.43. The number of hydrogen-bond donors (Lipinski definition) is 1. The lowest BCUT2D eigenvalue weighted by Crippen LogP contribution is -2.44. The van der Waals surface area contributed by atoms with Crippen LogP contribution in [0.4, 0.5) is 8.78 Å². The molecule has 2 unspecified atom stereocenters. The van der Waals surface area contributed by atoms with Gasteiger partial charge in [-0.25, -0.2) is 18.4 Å². The summed E-state index contributed by atoms with van der Waals surface area (Å²) in [4.78, 5) is 3.85. The van der Waals surface area contributed by atoms with Crippen molar-refractivity contribution in [1.29, 1.82) is 0 Å². The van der Waals surface area contributed by atoms with Crippen molar-refractivity contribution in [2.45, 2.75) is 38.7 Å². The normalized spacial score (nSPS) is 14.3. The summed E-state index contributed by atoms with van der Waals surface area (Å²) < 4.78 is 40.6. The van der Waals surface area contributed by atoms with Crippen LogP contribution in [0.15, 0.2) is 65.7 Å². The molecule has 7 nitrogen and oxygen atoms in total. The second kappa shape index (κ2) is 8.97. The minimum atomic E-state index is -1.86. The highest BCUT2D eigenvalue weighted by Crippen LogP contribution is 2.32. The molecule has 0 spiro atoms. The van der Waals surface area contributed by atoms with Crippen LogP contribution in [-0.2, 0) is 23.5 Å². The summed E-state index contributed by atoms with van der Waals surface area (Å²) in [5.74, 6) is -1.19. The average molecular weight is 440 g/mol. The fourth-order valence-corrected chi connectivity index (χ4v) is 3.50. The number of aliphatic hydroxyl groups is 1. The number of ether oxygens (including phenoxy) is 1. The number of aromatic nitrogens is 4. The van der Waals surface area contributed by atoms with Crippen LogP contribution in [0.1, 0.15) is 23.8 Å². The van der Waals surface area contributed by atoms with Crippen LogP contribution in [-0.4, -0.2) is 31.1 Å². The lowest BCUT2D eigenvalue weighted by Gasteiger charge is -2.34. The third-order valence-corrected chi connectivity index (χ3v) is 5.29. The SMILES string of the molecule is Cc1cccc(-c2cc(COC(C)C(O)(Cn3cncn3)c3ccc(F)cc3F)on2)c1. The second-order valence-corrected chi connectivity index (χ2v) is 7.64. The molecule has 0 aliphatic heterocycles. The number of benzene rings is 2. The van der Waals surface area contributed by atoms with Crippen molar-refractivity contribution in [3.05, 3.63) is 89.7 Å². The number of hydrogen-bond acceptors (Lipinski definition) is 6. The van der Waals surface area contributed by atoms with E-state index in [2.05, 4.69) is 15.2 Å². The Morgan fingerprint density at radius 1 is 1.19 bits per heavy atom. The first-order chi connectivity index (χ1) is 15.3. The number of halogens is 2. The van der Waals surface area contributed by atoms with Crippen LogP contribution in [0.5, 0.6) is 0 Å². The molecule has 0 bridgehead atoms. The first-order valence-electron chi connectivity index (χ1n) is 10.00. The molecule has 2 aromatic carbocycles. The van der Waals surface area contributed by atoms with Gasteiger partial charge in [-0.15, -0.1) is 0 Å². The molecule has 2 atom stereocenters. The Labute approximate surface area is 183 Å². The van der Waals surface area contributed by atoms with Crippen LogP contribution < -0.4 is 0 Å². The van der Waals surface area contributed by atoms with Crippen molar-refractivity contribution in [1.82, 2.24) is 19.9 Å². The van der Waals surface area contributed by atoms with Crippen LogP contribution >= 0.6 is 0 Å². The maximum Gasteiger partial charge on any atom is 0.163 e. The van der Waals surface area contributed by atoms with Gasteiger partial charge in [0.2, 0.25) is 0 Å². The van der Waals surface area contributed by atoms with Gasteiger partial charge in [0, 0.05) is 23.3 Å². The molecule has 1 N–H and O–H groups in total. The Balaban J connectivity index is 1.55. The summed E-state index contributed by atoms with van der Waals surface area (Å²) in [5.41, 5.74) is 0.688. The Morgan fingerprint density at radius 3 is 2.75 bits per heavy atom. The zero-order valence-corrected chi connectivity index (χ0v) is 17.6. The largest absolute Gasteiger partial charge is 0.380 e. The van der Waals surface area contributed by atoms with Crippen molar-refractivity contribution < 1.29 is 23.1 Å². The predicted molar refractivity (Wildman–Crippen MR) is 111 cm³/mol. The van der Waals surface area contributed by atoms with Crippen LogP contribution in [0.2, 0.25) is 0 Å². The summed E-state index contributed by atoms with van der Waals surface area (Å²) in [6.45, 7) is 3.42. The molecule has 0 amide bonds. The smallest absolute Gasteiger partial charge is 0.163 e. The number of aryl methyl sites for hydroxylation is 1. The quantitative estimate of drug-likeness (QED) is 0.446. The lowest BCUT2D eigenvalue weighted by atomic mass is 9.88. The zero-order chi connectivity index (χ0) is 22.7. The fourth-order valence-electron chi connectivity index (χ4n) is 3.50. The minimum absolute atomic E-state index is 0.0114. The first-order valence-corrected chi connectivity index (χ1v) is 10.00. The predicted octanol–water partition coefficient (Wildman–Crippen LogP) is 4.01. The monoisotopic (exact) mass is 440 g/mol. The first kappa shape index (κ1) is 21.8. The molecule has 166 valence electrons. The number of rotatable bonds is 8. The van der Waals surface area contributed by atoms with E-state index < -0.39 is 23.3 Å². The van der Waals surface area contributed by atoms with Crippen LogP contribution in [0.25, 0.3) is 11.3 Å². The molecule has 9 heteroatoms. The van der Waals surface area contributed by atoms with Crippen molar-refractivity contribution in [2.24, 2.45) is 0 Å². The van der Waals surface area contributed by atoms with E-state index in [4.69, 9.17) is 9.26 Å². The molecule has 0 saturated carbocycles. The van der Waals surface area contributed by atoms with Gasteiger partial charge < -0.3 is 14.4 Å². The molecule has 2 aromatic heterocycles. The molecule has 4 aromatic rings. The van der Waals surface area contributed by atoms with E-state index >= 15 is 0 Å². The summed E-state index contributed by atoms with van der Waals surface area (Å²) in [6, 6.07) is 12.6. The van der Waals surface area contributed by atoms with Crippen molar-refractivity contribution in [2.75, 3.05) is 0 Å². The third kappa shape index (κ3) is 4.58. The van der Waals surface area contributed by atoms with Gasteiger partial charge >= 0.3 is 0 Å². The topological polar surface area (TPSA) is 86.2 Å². The molecule has 4 rings (SSSR count). The molecule has 0 radical (unpaired) electrons. The molecule has 0 fully saturated rings. The molecule has 0 saturated heterocycles. The summed E-state index contributed by atoms with van der Waals surface area (Å²) >= 11 is 0. The number of nitrogens with zero attached hydrogens (tertiary/aromatic N) is 4. The van der Waals surface area contributed by atoms with Crippen LogP contribution in [0, 0.1) is 18.6 Å². The highest BCUT2D eigenvalue weighted by molar-refractivity contribution is 5.59. The lowest BCUT2D eigenvalue weighted by molar-refractivity contribution is -0.126. The van der Waals surface area contributed by atoms with E-state index in [-0.39, 0.29) is 18.7 Å². The van der Waals surface area contributed by atoms with Crippen LogP contribution in [0.3, 0.4) is 0 Å². The van der Waals surface area contributed by atoms with E-state index in [1.165, 1.54) is 23.4 Å². The van der Waals surface area contributed by atoms with Gasteiger partial charge in [-0.3, -0.25) is 0 Å². The molecule has 32 heavy (non-hydrogen) atoms. The molecular weight excluding hydrogens is 418 g/mol. The van der Waals surface area contributed by atoms with E-state index in [1.54, 1.807) is 13.0 Å². The fraction of sp³-hybridized carbons (Fsp3) is 0.261. The van der Waals surface area contributed by atoms with Gasteiger partial charge in [-0.05, 0) is 26.0 Å². The van der Waals surface area contributed by atoms with Gasteiger partial charge in [-0.2, -0.15) is 5.10 Å². The average Bonchev–Trinajstić information content (AvgIpc) is 3.44. The maximum atomic E-state index is 14.6. The summed E-state index contributed by atoms with van der Waals surface area (Å²) in [7, 11) is 0. The Morgan fingerprint density at radius 2 is 2.03 bits per heavy atom. The maximum absolute atomic E-state index is 14.6. The molecule has 2 heterocycles. The van der Waals surface area contributed by atoms with E-state index in [0.717, 1.165) is 23.3 Å². The second-order valence-electron chi connectivity index (χ2n) is 7.64. The van der Waals surface area contributed by atoms with Gasteiger partial charge in [0.25, 0.3) is 0 Å². The van der Waals surface area contributed by atoms with E-state index in [9.17, 15) is 13.9 Å². The van der Waals surface area contributed by atoms with Crippen molar-refractivity contribution >= 4 is 0 Å². The Bertz CT molecular complexity index is 1200. The zero-order valence-electron chi connectivity index (χ0n) is 17.6. The molecular formula is C23H22F2N4O3. The molecule has 0 aliphatic carbocycles. The van der Waals surface area contributed by atoms with Crippen molar-refractivity contribution in [3.63, 3.8) is 0 Å². The van der Waals surface area contributed by atoms with Crippen molar-refractivity contribution in [3.8, 4) is 11.3 Å². The van der Waals surface area contributed by atoms with Gasteiger partial charge in [0.05, 0.1) is 12.6 Å². The van der Waals surface area contributed by atoms with E-state index in [1.807, 2.05) is 31.2 Å². The molecule has 0 aliphatic rings. The third-order valence-electron chi connectivity index (χ3n) is 5.29. The summed E-state index contributed by atoms with van der Waals surface area (Å²) in [5, 5.41) is 19.5. The summed E-state index contributed by atoms with van der Waals surface area (Å²) in [6.07, 6.45) is 1.78. The van der Waals surface area contributed by atoms with E-state index in [0.29, 0.717) is 11.5 Å². The van der Waals surface area contributed by atoms with Gasteiger partial charge in [-0.1, -0.05) is 35.0 Å². The standard InChI is InChI=1S/C23H22F2N4O3/c1-15-4-3-5-17(8-15)22-10-19(32-28-22)11-31-16(2)23(30,12-29-14-26-13-27-29)20-7-6-18(24)9-21(20)25/h3-10,13-14,16,30H,11-12H2,1-2H3. The highest BCUT2D eigenvalue weighted by atomic mass is 19.1. The minimum Gasteiger partial charge on any atom is -0.380 e. The van der Waals surface area contributed by atoms with Gasteiger partial charge in [0.1, 0.15) is 42.2 Å². The highest BCUT2D eigenvalue weighted by Gasteiger charge is 2.40. The van der Waals surface area contributed by atoms with Gasteiger partial charge in [0.15, 0.2) is 5.76 Å². The Kier molecular flexibility index (Phi) is 6.11.